The van der Waals surface area contributed by atoms with Crippen LogP contribution in [0.2, 0.25) is 0 Å². The van der Waals surface area contributed by atoms with E-state index in [2.05, 4.69) is 43.2 Å². The number of aromatic nitrogens is 4. The first kappa shape index (κ1) is 17.6. The third-order valence-electron chi connectivity index (χ3n) is 6.53. The van der Waals surface area contributed by atoms with Gasteiger partial charge in [-0.05, 0) is 24.7 Å². The Labute approximate surface area is 165 Å². The van der Waals surface area contributed by atoms with E-state index >= 15 is 0 Å². The molecule has 0 spiro atoms. The fourth-order valence-electron chi connectivity index (χ4n) is 5.07. The molecule has 4 atom stereocenters. The molecule has 1 aromatic carbocycles. The number of aliphatic hydroxyl groups is 1. The zero-order valence-corrected chi connectivity index (χ0v) is 16.2. The topological polar surface area (TPSA) is 59.1 Å². The molecule has 2 fully saturated rings. The zero-order chi connectivity index (χ0) is 19.1. The van der Waals surface area contributed by atoms with Crippen molar-refractivity contribution in [1.82, 2.24) is 24.0 Å². The van der Waals surface area contributed by atoms with E-state index in [1.807, 2.05) is 43.0 Å². The Morgan fingerprint density at radius 3 is 2.50 bits per heavy atom. The molecule has 1 saturated heterocycles. The quantitative estimate of drug-likeness (QED) is 0.760. The predicted octanol–water partition coefficient (Wildman–Crippen LogP) is 2.73. The Morgan fingerprint density at radius 1 is 1.00 bits per heavy atom. The van der Waals surface area contributed by atoms with E-state index in [-0.39, 0.29) is 12.1 Å². The molecule has 0 amide bonds. The summed E-state index contributed by atoms with van der Waals surface area (Å²) < 4.78 is 4.29. The van der Waals surface area contributed by atoms with Crippen molar-refractivity contribution in [1.29, 1.82) is 0 Å². The van der Waals surface area contributed by atoms with Gasteiger partial charge in [-0.2, -0.15) is 0 Å². The number of rotatable bonds is 4. The van der Waals surface area contributed by atoms with Crippen LogP contribution in [0.25, 0.3) is 11.4 Å². The lowest BCUT2D eigenvalue weighted by Crippen LogP contribution is -2.36. The van der Waals surface area contributed by atoms with Crippen molar-refractivity contribution in [3.05, 3.63) is 60.9 Å². The Morgan fingerprint density at radius 2 is 1.75 bits per heavy atom. The molecule has 2 aromatic heterocycles. The summed E-state index contributed by atoms with van der Waals surface area (Å²) in [4.78, 5) is 11.6. The highest BCUT2D eigenvalue weighted by atomic mass is 16.3. The summed E-state index contributed by atoms with van der Waals surface area (Å²) in [6.45, 7) is 3.02. The van der Waals surface area contributed by atoms with Gasteiger partial charge in [-0.1, -0.05) is 30.3 Å². The summed E-state index contributed by atoms with van der Waals surface area (Å²) in [5.74, 6) is 3.23. The van der Waals surface area contributed by atoms with Gasteiger partial charge < -0.3 is 14.2 Å². The molecule has 1 aliphatic heterocycles. The van der Waals surface area contributed by atoms with Crippen molar-refractivity contribution in [3.63, 3.8) is 0 Å². The number of benzene rings is 1. The molecular weight excluding hydrogens is 350 g/mol. The third-order valence-corrected chi connectivity index (χ3v) is 6.53. The van der Waals surface area contributed by atoms with E-state index in [4.69, 9.17) is 0 Å². The van der Waals surface area contributed by atoms with E-state index < -0.39 is 0 Å². The summed E-state index contributed by atoms with van der Waals surface area (Å²) in [6, 6.07) is 10.3. The fourth-order valence-corrected chi connectivity index (χ4v) is 5.07. The van der Waals surface area contributed by atoms with Crippen LogP contribution in [0.4, 0.5) is 0 Å². The number of imidazole rings is 2. The van der Waals surface area contributed by atoms with Gasteiger partial charge in [0, 0.05) is 50.5 Å². The summed E-state index contributed by atoms with van der Waals surface area (Å²) in [7, 11) is 2.05. The molecule has 3 heterocycles. The minimum absolute atomic E-state index is 0.0899. The van der Waals surface area contributed by atoms with E-state index in [0.717, 1.165) is 49.7 Å². The van der Waals surface area contributed by atoms with Crippen LogP contribution in [-0.2, 0) is 13.6 Å². The van der Waals surface area contributed by atoms with Gasteiger partial charge >= 0.3 is 0 Å². The van der Waals surface area contributed by atoms with Crippen LogP contribution in [0.1, 0.15) is 24.7 Å². The fraction of sp³-hybridized carbons (Fsp3) is 0.455. The van der Waals surface area contributed by atoms with Gasteiger partial charge in [0.15, 0.2) is 0 Å². The lowest BCUT2D eigenvalue weighted by molar-refractivity contribution is 0.0365. The van der Waals surface area contributed by atoms with Gasteiger partial charge in [0.2, 0.25) is 0 Å². The number of aryl methyl sites for hydroxylation is 1. The summed E-state index contributed by atoms with van der Waals surface area (Å²) >= 11 is 0. The van der Waals surface area contributed by atoms with Crippen molar-refractivity contribution in [3.8, 4) is 11.4 Å². The number of hydrogen-bond donors (Lipinski definition) is 1. The van der Waals surface area contributed by atoms with Crippen LogP contribution < -0.4 is 0 Å². The van der Waals surface area contributed by atoms with Crippen LogP contribution in [0.5, 0.6) is 0 Å². The van der Waals surface area contributed by atoms with Gasteiger partial charge in [0.05, 0.1) is 18.7 Å². The Bertz CT molecular complexity index is 933. The monoisotopic (exact) mass is 377 g/mol. The first-order valence-electron chi connectivity index (χ1n) is 10.1. The smallest absolute Gasteiger partial charge is 0.140 e. The third kappa shape index (κ3) is 3.16. The maximum atomic E-state index is 11.0. The van der Waals surface area contributed by atoms with Crippen molar-refractivity contribution in [2.75, 3.05) is 13.1 Å². The van der Waals surface area contributed by atoms with E-state index in [9.17, 15) is 5.11 Å². The van der Waals surface area contributed by atoms with Crippen LogP contribution in [0.15, 0.2) is 55.1 Å². The number of likely N-dealkylation sites (tertiary alicyclic amines) is 1. The Hall–Kier alpha value is -2.44. The first-order chi connectivity index (χ1) is 13.7. The lowest BCUT2D eigenvalue weighted by Gasteiger charge is -2.36. The molecule has 3 aromatic rings. The van der Waals surface area contributed by atoms with Crippen LogP contribution in [0, 0.1) is 11.8 Å². The van der Waals surface area contributed by atoms with E-state index in [1.165, 1.54) is 0 Å². The molecule has 5 rings (SSSR count). The molecule has 6 heteroatoms. The highest BCUT2D eigenvalue weighted by Crippen LogP contribution is 2.42. The molecule has 28 heavy (non-hydrogen) atoms. The normalized spacial score (nSPS) is 27.8. The largest absolute Gasteiger partial charge is 0.391 e. The van der Waals surface area contributed by atoms with E-state index in [1.54, 1.807) is 0 Å². The minimum atomic E-state index is -0.328. The molecule has 1 saturated carbocycles. The highest BCUT2D eigenvalue weighted by Gasteiger charge is 2.42. The van der Waals surface area contributed by atoms with Crippen molar-refractivity contribution in [2.24, 2.45) is 18.9 Å². The van der Waals surface area contributed by atoms with Gasteiger partial charge in [-0.15, -0.1) is 0 Å². The summed E-state index contributed by atoms with van der Waals surface area (Å²) in [5, 5.41) is 11.0. The van der Waals surface area contributed by atoms with Gasteiger partial charge in [-0.3, -0.25) is 4.90 Å². The standard InChI is InChI=1S/C22H27N5O/c1-25-9-7-23-21(25)15-26-13-17-11-19(20(28)12-18(17)14-26)27-10-8-24-22(27)16-5-3-2-4-6-16/h2-10,17-20,28H,11-15H2,1H3/t17-,18+,19-,20-/m0/s1. The SMILES string of the molecule is Cn1ccnc1CN1C[C@H]2C[C@H](O)[C@@H](n3ccnc3-c3ccccc3)C[C@H]2C1. The maximum absolute atomic E-state index is 11.0. The zero-order valence-electron chi connectivity index (χ0n) is 16.2. The maximum Gasteiger partial charge on any atom is 0.140 e. The molecule has 1 aliphatic carbocycles. The molecule has 0 bridgehead atoms. The summed E-state index contributed by atoms with van der Waals surface area (Å²) in [6.07, 6.45) is 9.27. The molecule has 2 aliphatic rings. The minimum Gasteiger partial charge on any atom is -0.391 e. The molecule has 6 nitrogen and oxygen atoms in total. The predicted molar refractivity (Wildman–Crippen MR) is 107 cm³/mol. The average molecular weight is 377 g/mol. The molecule has 1 N–H and O–H groups in total. The van der Waals surface area contributed by atoms with Gasteiger partial charge in [0.25, 0.3) is 0 Å². The number of aliphatic hydroxyl groups excluding tert-OH is 1. The number of fused-ring (bicyclic) bond motifs is 1. The van der Waals surface area contributed by atoms with Crippen molar-refractivity contribution in [2.45, 2.75) is 31.5 Å². The highest BCUT2D eigenvalue weighted by molar-refractivity contribution is 5.55. The second kappa shape index (κ2) is 7.18. The van der Waals surface area contributed by atoms with Gasteiger partial charge in [-0.25, -0.2) is 9.97 Å². The van der Waals surface area contributed by atoms with Crippen LogP contribution in [0.3, 0.4) is 0 Å². The molecule has 0 unspecified atom stereocenters. The second-order valence-electron chi connectivity index (χ2n) is 8.30. The Balaban J connectivity index is 1.33. The number of hydrogen-bond acceptors (Lipinski definition) is 4. The van der Waals surface area contributed by atoms with Crippen LogP contribution in [-0.4, -0.2) is 48.3 Å². The average Bonchev–Trinajstić information content (AvgIpc) is 3.42. The molecule has 146 valence electrons. The number of nitrogens with zero attached hydrogens (tertiary/aromatic N) is 5. The molecule has 0 radical (unpaired) electrons. The second-order valence-corrected chi connectivity index (χ2v) is 8.30. The summed E-state index contributed by atoms with van der Waals surface area (Å²) in [5.41, 5.74) is 1.10. The van der Waals surface area contributed by atoms with Gasteiger partial charge in [0.1, 0.15) is 11.6 Å². The Kier molecular flexibility index (Phi) is 4.53. The first-order valence-corrected chi connectivity index (χ1v) is 10.1. The van der Waals surface area contributed by atoms with Crippen LogP contribution >= 0.6 is 0 Å². The lowest BCUT2D eigenvalue weighted by atomic mass is 9.77. The van der Waals surface area contributed by atoms with Crippen molar-refractivity contribution >= 4 is 0 Å². The molecular formula is C22H27N5O. The van der Waals surface area contributed by atoms with E-state index in [0.29, 0.717) is 11.8 Å². The van der Waals surface area contributed by atoms with Crippen molar-refractivity contribution < 1.29 is 5.11 Å².